The van der Waals surface area contributed by atoms with Gasteiger partial charge in [-0.25, -0.2) is 5.26 Å². The molecule has 5 fully saturated rings. The minimum Gasteiger partial charge on any atom is -0.504 e. The number of aromatic hydroxyl groups is 1. The van der Waals surface area contributed by atoms with Crippen molar-refractivity contribution in [1.82, 2.24) is 51.9 Å². The lowest BCUT2D eigenvalue weighted by molar-refractivity contribution is -0.433. The van der Waals surface area contributed by atoms with Crippen LogP contribution in [0.5, 0.6) is 11.5 Å². The van der Waals surface area contributed by atoms with Gasteiger partial charge in [0.25, 0.3) is 18.2 Å². The number of ether oxygens (including phenoxy) is 1. The Labute approximate surface area is 579 Å². The van der Waals surface area contributed by atoms with Gasteiger partial charge in [-0.2, -0.15) is 0 Å². The molecule has 1 saturated carbocycles. The van der Waals surface area contributed by atoms with E-state index in [0.717, 1.165) is 60.0 Å². The van der Waals surface area contributed by atoms with Crippen LogP contribution in [-0.4, -0.2) is 257 Å². The summed E-state index contributed by atoms with van der Waals surface area (Å²) in [7, 11) is 1.85. The van der Waals surface area contributed by atoms with Crippen LogP contribution in [0, 0.1) is 11.8 Å². The molecule has 4 aliphatic heterocycles. The van der Waals surface area contributed by atoms with Gasteiger partial charge in [-0.15, -0.1) is 10.2 Å². The van der Waals surface area contributed by atoms with Crippen LogP contribution in [0.4, 0.5) is 5.69 Å². The van der Waals surface area contributed by atoms with E-state index in [0.29, 0.717) is 21.5 Å². The first-order chi connectivity index (χ1) is 47.5. The summed E-state index contributed by atoms with van der Waals surface area (Å²) >= 11 is 1.40. The standard InChI is InChI=1S/C65H89N11O21S2/c1-34-30-76-54(55(34)85)60(90)67-29-43(80)27-45(68-56(86)37-10-12-38(13-11-37)61-72-73-62(98-61)39-14-16-42(17-15-39)74-23-20-65(94-3,21-24-74)40-7-5-4-6-8-40)57(87)69-51(35(2)79)63(91)75-31-44(81)28-46(75)58(88)70-52(49(84)25-36-9-18-47(82)50(26-36)95-99-97-96-93)59(89)71-53(64(76)92)48(83)19-22-66-41(32-77)33-78/h9-18,26,34-35,40-41,43-46,48-49,51-55,66,77-85,93H,4-8,19-25,27-33H2,1-3H3,(H,67,90)(H,68,86)(H,69,87)(H,70,88)(H,71,89)/t34-,35+,43+,44+,45?,46-,48+,49+,51-,52-,53-,54-,55-/m0/s1. The largest absolute Gasteiger partial charge is 0.504 e. The van der Waals surface area contributed by atoms with Crippen molar-refractivity contribution >= 4 is 70.7 Å². The number of aliphatic hydroxyl groups is 8. The Kier molecular flexibility index (Phi) is 26.8. The van der Waals surface area contributed by atoms with E-state index in [1.54, 1.807) is 12.1 Å². The summed E-state index contributed by atoms with van der Waals surface area (Å²) in [6.45, 7) is 1.47. The molecule has 0 spiro atoms. The van der Waals surface area contributed by atoms with Crippen LogP contribution in [0.2, 0.25) is 0 Å². The second-order valence-corrected chi connectivity index (χ2v) is 27.4. The molecule has 7 amide bonds. The topological polar surface area (TPSA) is 466 Å². The Balaban J connectivity index is 0.967. The Hall–Kier alpha value is -7.26. The molecule has 5 aliphatic rings. The molecular weight excluding hydrogens is 1330 g/mol. The normalized spacial score (nSPS) is 26.5. The molecule has 4 aromatic rings. The molecule has 13 atom stereocenters. The summed E-state index contributed by atoms with van der Waals surface area (Å²) in [5.41, 5.74) is 2.60. The lowest BCUT2D eigenvalue weighted by atomic mass is 9.72. The molecule has 16 N–H and O–H groups in total. The van der Waals surface area contributed by atoms with E-state index in [2.05, 4.69) is 68.5 Å². The van der Waals surface area contributed by atoms with Gasteiger partial charge in [0.2, 0.25) is 35.4 Å². The first-order valence-corrected chi connectivity index (χ1v) is 34.6. The molecule has 9 rings (SSSR count). The number of β-amino-alcohol motifs (C(OH)–C–C–N with tert-alkyl or cyclic N) is 1. The summed E-state index contributed by atoms with van der Waals surface area (Å²) in [5.74, 6) is -9.01. The van der Waals surface area contributed by atoms with E-state index in [-0.39, 0.29) is 47.9 Å². The van der Waals surface area contributed by atoms with Crippen molar-refractivity contribution in [3.05, 3.63) is 77.9 Å². The van der Waals surface area contributed by atoms with E-state index in [9.17, 15) is 74.7 Å². The second kappa shape index (κ2) is 34.9. The molecule has 1 aliphatic carbocycles. The van der Waals surface area contributed by atoms with Gasteiger partial charge in [-0.05, 0) is 106 Å². The Morgan fingerprint density at radius 3 is 2.04 bits per heavy atom. The van der Waals surface area contributed by atoms with Gasteiger partial charge in [-0.3, -0.25) is 33.6 Å². The number of rotatable bonds is 22. The van der Waals surface area contributed by atoms with E-state index in [1.807, 2.05) is 19.2 Å². The number of aromatic nitrogens is 2. The molecule has 0 bridgehead atoms. The first-order valence-electron chi connectivity index (χ1n) is 33.1. The molecule has 1 aromatic heterocycles. The number of phenolic OH excluding ortho intramolecular Hbond substituents is 1. The highest BCUT2D eigenvalue weighted by Gasteiger charge is 2.50. The van der Waals surface area contributed by atoms with E-state index in [4.69, 9.17) is 14.2 Å². The predicted octanol–water partition coefficient (Wildman–Crippen LogP) is -1.21. The third kappa shape index (κ3) is 18.6. The number of methoxy groups -OCH3 is 1. The fourth-order valence-electron chi connectivity index (χ4n) is 13.7. The number of carbonyl (C=O) groups is 7. The maximum atomic E-state index is 15.0. The smallest absolute Gasteiger partial charge is 0.261 e. The van der Waals surface area contributed by atoms with E-state index < -0.39 is 184 Å². The number of carbonyl (C=O) groups excluding carboxylic acids is 7. The Morgan fingerprint density at radius 2 is 1.40 bits per heavy atom. The van der Waals surface area contributed by atoms with Crippen LogP contribution in [-0.2, 0) is 49.3 Å². The number of fused-ring (bicyclic) bond motifs is 2. The number of hydrogen-bond acceptors (Lipinski definition) is 27. The van der Waals surface area contributed by atoms with Gasteiger partial charge < -0.3 is 101 Å². The minimum absolute atomic E-state index is 0.0183. The van der Waals surface area contributed by atoms with Gasteiger partial charge >= 0.3 is 0 Å². The quantitative estimate of drug-likeness (QED) is 0.0190. The average molecular weight is 1420 g/mol. The summed E-state index contributed by atoms with van der Waals surface area (Å²) in [4.78, 5) is 107. The number of amides is 7. The van der Waals surface area contributed by atoms with Crippen LogP contribution in [0.3, 0.4) is 0 Å². The molecular formula is C65H89N11O21S2. The maximum Gasteiger partial charge on any atom is 0.261 e. The summed E-state index contributed by atoms with van der Waals surface area (Å²) < 4.78 is 15.6. The third-order valence-electron chi connectivity index (χ3n) is 19.4. The fraction of sp³-hybridized carbons (Fsp3) is 0.585. The monoisotopic (exact) mass is 1420 g/mol. The number of benzene rings is 3. The van der Waals surface area contributed by atoms with Gasteiger partial charge in [0.15, 0.2) is 11.5 Å². The number of nitrogens with one attached hydrogen (secondary N) is 6. The van der Waals surface area contributed by atoms with Crippen LogP contribution >= 0.6 is 23.7 Å². The van der Waals surface area contributed by atoms with E-state index in [1.165, 1.54) is 74.6 Å². The number of aliphatic hydroxyl groups excluding tert-OH is 8. The average Bonchev–Trinajstić information content (AvgIpc) is 1.75. The molecule has 1 unspecified atom stereocenters. The number of phenols is 1. The van der Waals surface area contributed by atoms with Crippen molar-refractivity contribution in [1.29, 1.82) is 0 Å². The van der Waals surface area contributed by atoms with Crippen molar-refractivity contribution in [2.45, 2.75) is 169 Å². The molecule has 3 aromatic carbocycles. The zero-order chi connectivity index (χ0) is 71.2. The predicted molar refractivity (Wildman–Crippen MR) is 355 cm³/mol. The highest BCUT2D eigenvalue weighted by atomic mass is 32.2. The van der Waals surface area contributed by atoms with Crippen molar-refractivity contribution in [3.8, 4) is 32.6 Å². The number of hydrogen-bond donors (Lipinski definition) is 16. The maximum absolute atomic E-state index is 15.0. The molecule has 32 nitrogen and oxygen atoms in total. The number of nitrogens with zero attached hydrogens (tertiary/aromatic N) is 5. The Bertz CT molecular complexity index is 3400. The van der Waals surface area contributed by atoms with Crippen molar-refractivity contribution in [2.24, 2.45) is 11.8 Å². The highest BCUT2D eigenvalue weighted by molar-refractivity contribution is 7.90. The molecule has 99 heavy (non-hydrogen) atoms. The lowest BCUT2D eigenvalue weighted by Crippen LogP contribution is -2.64. The molecule has 542 valence electrons. The van der Waals surface area contributed by atoms with Crippen molar-refractivity contribution < 1.29 is 103 Å². The first kappa shape index (κ1) is 75.9. The van der Waals surface area contributed by atoms with E-state index >= 15 is 4.79 Å². The summed E-state index contributed by atoms with van der Waals surface area (Å²) in [6.07, 6.45) is -4.51. The van der Waals surface area contributed by atoms with Crippen molar-refractivity contribution in [2.75, 3.05) is 64.5 Å². The molecule has 34 heteroatoms. The van der Waals surface area contributed by atoms with Gasteiger partial charge in [0.05, 0.1) is 61.5 Å². The summed E-state index contributed by atoms with van der Waals surface area (Å²) in [6, 6.07) is 5.57. The Morgan fingerprint density at radius 1 is 0.768 bits per heavy atom. The number of anilines is 1. The minimum atomic E-state index is -2.16. The zero-order valence-corrected chi connectivity index (χ0v) is 56.6. The third-order valence-corrected chi connectivity index (χ3v) is 20.8. The molecule has 0 radical (unpaired) electrons. The highest BCUT2D eigenvalue weighted by Crippen LogP contribution is 2.43. The SMILES string of the molecule is COC1(C2CCCCC2)CCN(c2ccc(-c3nnc(-c4ccc(C(=O)NC5C[C@@H](O)CNC(=O)[C@@H]6[C@@H](O)[C@@H](C)CN6C(=O)[C@H]([C@H](O)CCNC(CO)CO)NC(=O)[C@H]([C@H](O)Cc6ccc(O)c(OSOOO)c6)NC(=O)[C@@H]6C[C@@H](O)CN6C(=O)[C@H]([C@@H](C)O)NC5=O)cc4)s3)cc2)CC1. The van der Waals surface area contributed by atoms with Gasteiger partial charge in [0.1, 0.15) is 46.3 Å². The number of piperidine rings is 1. The lowest BCUT2D eigenvalue weighted by Gasteiger charge is -2.47. The van der Waals surface area contributed by atoms with Crippen LogP contribution in [0.15, 0.2) is 66.7 Å². The fourth-order valence-corrected chi connectivity index (χ4v) is 14.8. The molecule has 5 heterocycles. The van der Waals surface area contributed by atoms with Crippen LogP contribution < -0.4 is 41.0 Å². The zero-order valence-electron chi connectivity index (χ0n) is 55.0. The second-order valence-electron chi connectivity index (χ2n) is 26.0. The van der Waals surface area contributed by atoms with Crippen LogP contribution in [0.25, 0.3) is 21.1 Å². The van der Waals surface area contributed by atoms with Gasteiger partial charge in [-0.1, -0.05) is 65.1 Å². The van der Waals surface area contributed by atoms with Crippen molar-refractivity contribution in [3.63, 3.8) is 0 Å². The van der Waals surface area contributed by atoms with Gasteiger partial charge in [0, 0.05) is 87.4 Å². The molecule has 4 saturated heterocycles. The summed E-state index contributed by atoms with van der Waals surface area (Å²) in [5, 5.41) is 136. The van der Waals surface area contributed by atoms with Crippen LogP contribution in [0.1, 0.15) is 94.0 Å².